The van der Waals surface area contributed by atoms with E-state index in [1.807, 2.05) is 0 Å². The number of amides is 3. The molecule has 4 rings (SSSR count). The Balaban J connectivity index is 1.54. The molecule has 0 aliphatic carbocycles. The summed E-state index contributed by atoms with van der Waals surface area (Å²) in [4.78, 5) is 71.2. The van der Waals surface area contributed by atoms with Gasteiger partial charge in [-0.2, -0.15) is 4.73 Å². The molecule has 18 heteroatoms. The quantitative estimate of drug-likeness (QED) is 0.0868. The number of pyridine rings is 1. The molecule has 7 N–H and O–H groups in total. The molecule has 16 nitrogen and oxygen atoms in total. The number of thiazole rings is 1. The topological polar surface area (TPSA) is 239 Å². The van der Waals surface area contributed by atoms with Crippen molar-refractivity contribution >= 4 is 63.7 Å². The summed E-state index contributed by atoms with van der Waals surface area (Å²) in [5.41, 5.74) is 4.42. The molecule has 0 unspecified atom stereocenters. The smallest absolute Gasteiger partial charge is 0.352 e. The molecule has 0 spiro atoms. The number of thioether (sulfide) groups is 1. The van der Waals surface area contributed by atoms with Crippen molar-refractivity contribution in [2.45, 2.75) is 11.4 Å². The summed E-state index contributed by atoms with van der Waals surface area (Å²) in [7, 11) is 1.39. The van der Waals surface area contributed by atoms with Crippen LogP contribution in [-0.2, 0) is 24.0 Å². The lowest BCUT2D eigenvalue weighted by Gasteiger charge is -2.49. The average Bonchev–Trinajstić information content (AvgIpc) is 3.35. The summed E-state index contributed by atoms with van der Waals surface area (Å²) >= 11 is 2.19. The monoisotopic (exact) mass is 591 g/mol. The van der Waals surface area contributed by atoms with E-state index in [9.17, 15) is 39.4 Å². The average molecular weight is 592 g/mol. The summed E-state index contributed by atoms with van der Waals surface area (Å²) < 4.78 is 0.487. The standard InChI is InChI=1S/C22H21N7O9S2/c1-24-14(32)6-38-27-15(11-8-40-22(23)25-11)18(33)26-16-19(34)29-17(21(35)36)9(7-39-20(16)29)2-3-10-4-12(30)13(31)5-28(10)37/h2-5,8,16,20,31,37H,6-7H2,1H3,(H2,23,25)(H,24,32)(H,26,33)(H,35,36)/b3-2?,27-15-/t16-,20-/m1/s1. The fourth-order valence-corrected chi connectivity index (χ4v) is 5.51. The number of hydrogen-bond donors (Lipinski definition) is 6. The van der Waals surface area contributed by atoms with Crippen LogP contribution < -0.4 is 21.8 Å². The van der Waals surface area contributed by atoms with Gasteiger partial charge in [-0.05, 0) is 11.6 Å². The lowest BCUT2D eigenvalue weighted by Crippen LogP contribution is -2.71. The number of aromatic nitrogens is 2. The van der Waals surface area contributed by atoms with Crippen molar-refractivity contribution in [1.29, 1.82) is 0 Å². The van der Waals surface area contributed by atoms with E-state index in [-0.39, 0.29) is 39.3 Å². The lowest BCUT2D eigenvalue weighted by atomic mass is 10.0. The number of carboxylic acid groups (broad SMARTS) is 1. The number of oxime groups is 1. The van der Waals surface area contributed by atoms with Gasteiger partial charge in [0.15, 0.2) is 23.2 Å². The Bertz CT molecular complexity index is 1550. The third-order valence-corrected chi connectivity index (χ3v) is 7.57. The molecule has 0 saturated carbocycles. The maximum atomic E-state index is 13.1. The van der Waals surface area contributed by atoms with Crippen molar-refractivity contribution in [3.8, 4) is 5.75 Å². The number of fused-ring (bicyclic) bond motifs is 1. The minimum absolute atomic E-state index is 0.0413. The van der Waals surface area contributed by atoms with Crippen LogP contribution in [0, 0.1) is 0 Å². The summed E-state index contributed by atoms with van der Waals surface area (Å²) in [6.07, 6.45) is 3.36. The maximum absolute atomic E-state index is 13.1. The van der Waals surface area contributed by atoms with Crippen molar-refractivity contribution in [2.24, 2.45) is 5.16 Å². The van der Waals surface area contributed by atoms with Gasteiger partial charge in [0.25, 0.3) is 17.7 Å². The number of allylic oxidation sites excluding steroid dienone is 1. The van der Waals surface area contributed by atoms with Crippen LogP contribution in [0.5, 0.6) is 5.75 Å². The first kappa shape index (κ1) is 28.2. The van der Waals surface area contributed by atoms with Gasteiger partial charge >= 0.3 is 5.97 Å². The first-order valence-corrected chi connectivity index (χ1v) is 13.1. The minimum atomic E-state index is -1.40. The molecule has 0 bridgehead atoms. The summed E-state index contributed by atoms with van der Waals surface area (Å²) in [5.74, 6) is -4.05. The Morgan fingerprint density at radius 2 is 2.08 bits per heavy atom. The normalized spacial score (nSPS) is 18.8. The van der Waals surface area contributed by atoms with E-state index in [2.05, 4.69) is 20.8 Å². The first-order valence-electron chi connectivity index (χ1n) is 11.2. The predicted octanol–water partition coefficient (Wildman–Crippen LogP) is -1.25. The Kier molecular flexibility index (Phi) is 8.10. The number of nitrogens with zero attached hydrogens (tertiary/aromatic N) is 4. The van der Waals surface area contributed by atoms with Crippen molar-refractivity contribution in [3.05, 3.63) is 56.6 Å². The number of nitrogen functional groups attached to an aromatic ring is 1. The first-order chi connectivity index (χ1) is 19.0. The maximum Gasteiger partial charge on any atom is 0.352 e. The highest BCUT2D eigenvalue weighted by Gasteiger charge is 2.54. The molecular weight excluding hydrogens is 570 g/mol. The zero-order valence-electron chi connectivity index (χ0n) is 20.4. The number of β-lactam (4-membered cyclic amide) rings is 1. The van der Waals surface area contributed by atoms with E-state index < -0.39 is 52.9 Å². The Hall–Kier alpha value is -4.84. The van der Waals surface area contributed by atoms with Gasteiger partial charge in [-0.25, -0.2) is 9.78 Å². The predicted molar refractivity (Wildman–Crippen MR) is 141 cm³/mol. The molecule has 3 amide bonds. The number of nitrogens with one attached hydrogen (secondary N) is 2. The van der Waals surface area contributed by atoms with E-state index in [1.54, 1.807) is 0 Å². The number of aromatic hydroxyl groups is 1. The zero-order chi connectivity index (χ0) is 29.1. The number of likely N-dealkylation sites (N-methyl/N-ethyl adjacent to an activating group) is 1. The van der Waals surface area contributed by atoms with Gasteiger partial charge < -0.3 is 36.6 Å². The van der Waals surface area contributed by atoms with Crippen LogP contribution in [0.1, 0.15) is 11.4 Å². The van der Waals surface area contributed by atoms with Crippen LogP contribution in [-0.4, -0.2) is 90.3 Å². The number of rotatable bonds is 9. The van der Waals surface area contributed by atoms with Gasteiger partial charge in [-0.15, -0.1) is 23.1 Å². The molecule has 2 aliphatic rings. The Morgan fingerprint density at radius 1 is 1.32 bits per heavy atom. The van der Waals surface area contributed by atoms with Crippen LogP contribution in [0.15, 0.2) is 44.9 Å². The molecule has 2 atom stereocenters. The highest BCUT2D eigenvalue weighted by atomic mass is 32.2. The second-order valence-electron chi connectivity index (χ2n) is 8.12. The number of aliphatic carboxylic acids is 1. The molecule has 1 fully saturated rings. The number of nitrogens with two attached hydrogens (primary N) is 1. The molecule has 2 aromatic heterocycles. The van der Waals surface area contributed by atoms with Crippen LogP contribution >= 0.6 is 23.1 Å². The molecule has 4 heterocycles. The molecule has 2 aliphatic heterocycles. The van der Waals surface area contributed by atoms with Gasteiger partial charge in [-0.1, -0.05) is 11.2 Å². The van der Waals surface area contributed by atoms with Crippen molar-refractivity contribution in [3.63, 3.8) is 0 Å². The highest BCUT2D eigenvalue weighted by Crippen LogP contribution is 2.40. The summed E-state index contributed by atoms with van der Waals surface area (Å²) in [6.45, 7) is -0.485. The molecule has 0 aromatic carbocycles. The summed E-state index contributed by atoms with van der Waals surface area (Å²) in [6, 6.07) is -0.170. The van der Waals surface area contributed by atoms with Crippen molar-refractivity contribution in [2.75, 3.05) is 25.1 Å². The summed E-state index contributed by atoms with van der Waals surface area (Å²) in [5, 5.41) is 38.5. The van der Waals surface area contributed by atoms with E-state index in [4.69, 9.17) is 10.6 Å². The highest BCUT2D eigenvalue weighted by molar-refractivity contribution is 8.00. The van der Waals surface area contributed by atoms with Gasteiger partial charge in [0.05, 0.1) is 11.9 Å². The number of carbonyl (C=O) groups excluding carboxylic acids is 3. The number of hydrogen-bond acceptors (Lipinski definition) is 13. The zero-order valence-corrected chi connectivity index (χ0v) is 22.1. The van der Waals surface area contributed by atoms with Crippen LogP contribution in [0.25, 0.3) is 6.08 Å². The fourth-order valence-electron chi connectivity index (χ4n) is 3.65. The molecule has 210 valence electrons. The third-order valence-electron chi connectivity index (χ3n) is 5.59. The van der Waals surface area contributed by atoms with Gasteiger partial charge in [0, 0.05) is 24.2 Å². The second kappa shape index (κ2) is 11.5. The van der Waals surface area contributed by atoms with Crippen LogP contribution in [0.4, 0.5) is 5.13 Å². The fraction of sp³-hybridized carbons (Fsp3) is 0.227. The van der Waals surface area contributed by atoms with Crippen molar-refractivity contribution < 1.29 is 39.4 Å². The Labute approximate surface area is 232 Å². The van der Waals surface area contributed by atoms with E-state index >= 15 is 0 Å². The number of anilines is 1. The van der Waals surface area contributed by atoms with E-state index in [0.29, 0.717) is 4.73 Å². The van der Waals surface area contributed by atoms with Crippen LogP contribution in [0.3, 0.4) is 0 Å². The molecule has 40 heavy (non-hydrogen) atoms. The Morgan fingerprint density at radius 3 is 2.73 bits per heavy atom. The SMILES string of the molecule is CNC(=O)CO/N=C(\C(=O)N[C@@H]1C(=O)N2C(C(=O)O)=C(C=Cc3cc(=O)c(O)cn3O)CS[C@H]12)c1csc(N)n1. The second-order valence-corrected chi connectivity index (χ2v) is 10.1. The molecule has 2 aromatic rings. The largest absolute Gasteiger partial charge is 0.503 e. The number of carbonyl (C=O) groups is 4. The third kappa shape index (κ3) is 5.61. The lowest BCUT2D eigenvalue weighted by molar-refractivity contribution is -0.150. The molecule has 1 saturated heterocycles. The van der Waals surface area contributed by atoms with Crippen LogP contribution in [0.2, 0.25) is 0 Å². The van der Waals surface area contributed by atoms with Crippen molar-refractivity contribution in [1.82, 2.24) is 25.2 Å². The molecular formula is C22H21N7O9S2. The van der Waals surface area contributed by atoms with E-state index in [1.165, 1.54) is 36.3 Å². The van der Waals surface area contributed by atoms with Gasteiger partial charge in [0.1, 0.15) is 22.8 Å². The minimum Gasteiger partial charge on any atom is -0.503 e. The van der Waals surface area contributed by atoms with Gasteiger partial charge in [-0.3, -0.25) is 24.1 Å². The molecule has 0 radical (unpaired) electrons. The van der Waals surface area contributed by atoms with E-state index in [0.717, 1.165) is 28.5 Å². The number of carboxylic acids is 1. The van der Waals surface area contributed by atoms with Gasteiger partial charge in [0.2, 0.25) is 5.43 Å².